The highest BCUT2D eigenvalue weighted by atomic mass is 14.4. The van der Waals surface area contributed by atoms with E-state index in [1.165, 1.54) is 33.4 Å². The van der Waals surface area contributed by atoms with Gasteiger partial charge in [-0.3, -0.25) is 0 Å². The van der Waals surface area contributed by atoms with Crippen LogP contribution in [0.25, 0.3) is 11.1 Å². The molecule has 0 spiro atoms. The van der Waals surface area contributed by atoms with Gasteiger partial charge in [0, 0.05) is 10.8 Å². The van der Waals surface area contributed by atoms with Gasteiger partial charge in [-0.1, -0.05) is 137 Å². The van der Waals surface area contributed by atoms with Crippen molar-refractivity contribution in [3.63, 3.8) is 0 Å². The number of rotatable bonds is 5. The molecule has 0 saturated carbocycles. The van der Waals surface area contributed by atoms with Gasteiger partial charge in [-0.2, -0.15) is 0 Å². The average molecular weight is 391 g/mol. The van der Waals surface area contributed by atoms with Crippen LogP contribution in [0.4, 0.5) is 0 Å². The summed E-state index contributed by atoms with van der Waals surface area (Å²) >= 11 is 0. The van der Waals surface area contributed by atoms with Gasteiger partial charge in [0.2, 0.25) is 0 Å². The third-order valence-electron chi connectivity index (χ3n) is 6.44. The van der Waals surface area contributed by atoms with Gasteiger partial charge in [0.15, 0.2) is 0 Å². The summed E-state index contributed by atoms with van der Waals surface area (Å²) < 4.78 is 0. The molecule has 0 amide bonds. The molecule has 0 bridgehead atoms. The Labute approximate surface area is 181 Å². The Kier molecular flexibility index (Phi) is 5.35. The molecule has 4 aromatic rings. The number of hydrogen-bond acceptors (Lipinski definition) is 0. The molecule has 0 aliphatic rings. The van der Waals surface area contributed by atoms with Gasteiger partial charge in [0.25, 0.3) is 0 Å². The Morgan fingerprint density at radius 2 is 0.900 bits per heavy atom. The third-order valence-corrected chi connectivity index (χ3v) is 6.44. The summed E-state index contributed by atoms with van der Waals surface area (Å²) in [4.78, 5) is 0. The molecule has 4 rings (SSSR count). The molecule has 150 valence electrons. The molecular formula is C30H30. The summed E-state index contributed by atoms with van der Waals surface area (Å²) in [7, 11) is 0. The predicted octanol–water partition coefficient (Wildman–Crippen LogP) is 8.01. The van der Waals surface area contributed by atoms with Crippen LogP contribution in [0.15, 0.2) is 109 Å². The molecule has 0 atom stereocenters. The van der Waals surface area contributed by atoms with E-state index in [0.29, 0.717) is 0 Å². The third kappa shape index (κ3) is 3.59. The first-order valence-corrected chi connectivity index (χ1v) is 10.7. The van der Waals surface area contributed by atoms with E-state index in [2.05, 4.69) is 137 Å². The van der Waals surface area contributed by atoms with Crippen molar-refractivity contribution < 1.29 is 0 Å². The highest BCUT2D eigenvalue weighted by Gasteiger charge is 2.35. The van der Waals surface area contributed by atoms with Crippen LogP contribution < -0.4 is 0 Å². The molecule has 4 aromatic carbocycles. The largest absolute Gasteiger partial charge is 0.0622 e. The maximum atomic E-state index is 2.36. The van der Waals surface area contributed by atoms with E-state index in [1.54, 1.807) is 0 Å². The van der Waals surface area contributed by atoms with E-state index in [4.69, 9.17) is 0 Å². The molecule has 0 unspecified atom stereocenters. The smallest absolute Gasteiger partial charge is 0.0155 e. The fourth-order valence-electron chi connectivity index (χ4n) is 4.61. The normalized spacial score (nSPS) is 12.0. The number of hydrogen-bond donors (Lipinski definition) is 0. The van der Waals surface area contributed by atoms with Crippen LogP contribution in [0.3, 0.4) is 0 Å². The summed E-state index contributed by atoms with van der Waals surface area (Å²) in [5.74, 6) is 0. The van der Waals surface area contributed by atoms with Crippen molar-refractivity contribution in [2.75, 3.05) is 0 Å². The van der Waals surface area contributed by atoms with Crippen molar-refractivity contribution >= 4 is 0 Å². The van der Waals surface area contributed by atoms with E-state index < -0.39 is 0 Å². The molecule has 0 aliphatic heterocycles. The van der Waals surface area contributed by atoms with Gasteiger partial charge >= 0.3 is 0 Å². The van der Waals surface area contributed by atoms with Crippen molar-refractivity contribution in [2.24, 2.45) is 0 Å². The topological polar surface area (TPSA) is 0 Å². The first-order chi connectivity index (χ1) is 14.4. The minimum atomic E-state index is -0.144. The highest BCUT2D eigenvalue weighted by molar-refractivity contribution is 5.73. The van der Waals surface area contributed by atoms with Gasteiger partial charge in [-0.05, 0) is 33.4 Å². The quantitative estimate of drug-likeness (QED) is 0.324. The van der Waals surface area contributed by atoms with E-state index in [0.717, 1.165) is 0 Å². The van der Waals surface area contributed by atoms with E-state index in [-0.39, 0.29) is 10.8 Å². The second kappa shape index (κ2) is 7.95. The van der Waals surface area contributed by atoms with E-state index in [9.17, 15) is 0 Å². The van der Waals surface area contributed by atoms with Crippen molar-refractivity contribution in [2.45, 2.75) is 38.5 Å². The molecule has 0 heteroatoms. The van der Waals surface area contributed by atoms with Crippen LogP contribution in [0, 0.1) is 0 Å². The van der Waals surface area contributed by atoms with Crippen molar-refractivity contribution in [3.8, 4) is 11.1 Å². The summed E-state index contributed by atoms with van der Waals surface area (Å²) in [6.07, 6.45) is 0. The van der Waals surface area contributed by atoms with Gasteiger partial charge in [0.1, 0.15) is 0 Å². The average Bonchev–Trinajstić information content (AvgIpc) is 2.80. The zero-order chi connectivity index (χ0) is 21.2. The Morgan fingerprint density at radius 1 is 0.433 bits per heavy atom. The van der Waals surface area contributed by atoms with Gasteiger partial charge in [-0.15, -0.1) is 0 Å². The lowest BCUT2D eigenvalue weighted by Crippen LogP contribution is -2.29. The van der Waals surface area contributed by atoms with Crippen LogP contribution in [0.5, 0.6) is 0 Å². The molecule has 0 heterocycles. The number of benzene rings is 4. The molecule has 0 nitrogen and oxygen atoms in total. The lowest BCUT2D eigenvalue weighted by atomic mass is 9.66. The minimum Gasteiger partial charge on any atom is -0.0622 e. The summed E-state index contributed by atoms with van der Waals surface area (Å²) in [5, 5.41) is 0. The monoisotopic (exact) mass is 390 g/mol. The maximum absolute atomic E-state index is 2.36. The molecule has 0 aliphatic carbocycles. The molecule has 0 aromatic heterocycles. The summed E-state index contributed by atoms with van der Waals surface area (Å²) in [6.45, 7) is 9.40. The Hall–Kier alpha value is -3.12. The second-order valence-electron chi connectivity index (χ2n) is 9.08. The van der Waals surface area contributed by atoms with E-state index in [1.807, 2.05) is 0 Å². The van der Waals surface area contributed by atoms with Crippen LogP contribution in [-0.4, -0.2) is 0 Å². The Balaban J connectivity index is 2.03. The summed E-state index contributed by atoms with van der Waals surface area (Å²) in [6, 6.07) is 39.3. The van der Waals surface area contributed by atoms with Gasteiger partial charge < -0.3 is 0 Å². The lowest BCUT2D eigenvalue weighted by molar-refractivity contribution is 0.580. The zero-order valence-electron chi connectivity index (χ0n) is 18.4. The van der Waals surface area contributed by atoms with Crippen LogP contribution in [0.1, 0.15) is 49.9 Å². The van der Waals surface area contributed by atoms with E-state index >= 15 is 0 Å². The lowest BCUT2D eigenvalue weighted by Gasteiger charge is -2.37. The molecule has 0 N–H and O–H groups in total. The van der Waals surface area contributed by atoms with Gasteiger partial charge in [-0.25, -0.2) is 0 Å². The second-order valence-corrected chi connectivity index (χ2v) is 9.08. The minimum absolute atomic E-state index is 0.118. The van der Waals surface area contributed by atoms with Crippen LogP contribution in [0.2, 0.25) is 0 Å². The first kappa shape index (κ1) is 20.2. The standard InChI is InChI=1S/C30H30/c1-29(2,24-17-10-6-11-18-24)27-22-14-21-26(23-15-8-5-9-16-23)28(27)30(3,4)25-19-12-7-13-20-25/h5-22H,1-4H3. The van der Waals surface area contributed by atoms with Crippen molar-refractivity contribution in [1.29, 1.82) is 0 Å². The maximum Gasteiger partial charge on any atom is 0.0155 e. The van der Waals surface area contributed by atoms with Gasteiger partial charge in [0.05, 0.1) is 0 Å². The fourth-order valence-corrected chi connectivity index (χ4v) is 4.61. The van der Waals surface area contributed by atoms with Crippen molar-refractivity contribution in [3.05, 3.63) is 131 Å². The Bertz CT molecular complexity index is 1100. The molecule has 0 radical (unpaired) electrons. The molecular weight excluding hydrogens is 360 g/mol. The molecule has 30 heavy (non-hydrogen) atoms. The molecule has 0 saturated heterocycles. The van der Waals surface area contributed by atoms with Crippen molar-refractivity contribution in [1.82, 2.24) is 0 Å². The van der Waals surface area contributed by atoms with Crippen LogP contribution >= 0.6 is 0 Å². The summed E-state index contributed by atoms with van der Waals surface area (Å²) in [5.41, 5.74) is 7.76. The van der Waals surface area contributed by atoms with Crippen LogP contribution in [-0.2, 0) is 10.8 Å². The highest BCUT2D eigenvalue weighted by Crippen LogP contribution is 2.45. The first-order valence-electron chi connectivity index (χ1n) is 10.7. The SMILES string of the molecule is CC(C)(c1ccccc1)c1cccc(-c2ccccc2)c1C(C)(C)c1ccccc1. The predicted molar refractivity (Wildman–Crippen MR) is 129 cm³/mol. The zero-order valence-corrected chi connectivity index (χ0v) is 18.4. The fraction of sp³-hybridized carbons (Fsp3) is 0.200. The molecule has 0 fully saturated rings. The Morgan fingerprint density at radius 3 is 1.43 bits per heavy atom.